The summed E-state index contributed by atoms with van der Waals surface area (Å²) in [5, 5.41) is 1.10. The van der Waals surface area contributed by atoms with Crippen molar-refractivity contribution in [1.29, 1.82) is 0 Å². The lowest BCUT2D eigenvalue weighted by Gasteiger charge is -2.18. The van der Waals surface area contributed by atoms with E-state index < -0.39 is 0 Å². The summed E-state index contributed by atoms with van der Waals surface area (Å²) in [6.45, 7) is 2.33. The zero-order valence-electron chi connectivity index (χ0n) is 9.43. The third-order valence-corrected chi connectivity index (χ3v) is 3.94. The van der Waals surface area contributed by atoms with Crippen LogP contribution in [0.15, 0.2) is 18.2 Å². The smallest absolute Gasteiger partial charge is 0.00370 e. The normalized spacial score (nSPS) is 17.2. The topological polar surface area (TPSA) is 0 Å². The molecule has 1 atom stereocenters. The Balaban J connectivity index is 2.20. The zero-order valence-corrected chi connectivity index (χ0v) is 11.0. The third-order valence-electron chi connectivity index (χ3n) is 3.48. The molecule has 1 heteroatoms. The molecule has 0 amide bonds. The quantitative estimate of drug-likeness (QED) is 0.709. The first kappa shape index (κ1) is 11.2. The summed E-state index contributed by atoms with van der Waals surface area (Å²) in [4.78, 5) is 0. The lowest BCUT2D eigenvalue weighted by molar-refractivity contribution is 0.678. The fourth-order valence-corrected chi connectivity index (χ4v) is 3.08. The van der Waals surface area contributed by atoms with Crippen LogP contribution in [0.1, 0.15) is 48.8 Å². The number of halogens is 1. The van der Waals surface area contributed by atoms with Gasteiger partial charge in [-0.15, -0.1) is 0 Å². The van der Waals surface area contributed by atoms with Crippen LogP contribution >= 0.6 is 15.9 Å². The van der Waals surface area contributed by atoms with Crippen molar-refractivity contribution in [2.24, 2.45) is 0 Å². The van der Waals surface area contributed by atoms with Gasteiger partial charge in [0.1, 0.15) is 0 Å². The number of hydrogen-bond acceptors (Lipinski definition) is 0. The molecule has 1 aromatic rings. The first-order valence-corrected chi connectivity index (χ1v) is 7.11. The highest BCUT2D eigenvalue weighted by Crippen LogP contribution is 2.27. The van der Waals surface area contributed by atoms with Gasteiger partial charge in [0, 0.05) is 5.33 Å². The van der Waals surface area contributed by atoms with Crippen LogP contribution in [-0.4, -0.2) is 5.33 Å². The van der Waals surface area contributed by atoms with E-state index in [0.717, 1.165) is 5.33 Å². The highest BCUT2D eigenvalue weighted by Gasteiger charge is 2.11. The monoisotopic (exact) mass is 266 g/mol. The van der Waals surface area contributed by atoms with E-state index in [1.54, 1.807) is 11.1 Å². The standard InChI is InChI=1S/C14H19Br/c1-11(8-9-15)13-7-6-12-4-2-3-5-14(12)10-13/h6-7,10-11H,2-5,8-9H2,1H3. The number of hydrogen-bond donors (Lipinski definition) is 0. The maximum atomic E-state index is 3.52. The van der Waals surface area contributed by atoms with E-state index in [4.69, 9.17) is 0 Å². The number of fused-ring (bicyclic) bond motifs is 1. The van der Waals surface area contributed by atoms with Gasteiger partial charge in [0.2, 0.25) is 0 Å². The molecule has 0 fully saturated rings. The minimum Gasteiger partial charge on any atom is -0.0928 e. The molecular weight excluding hydrogens is 248 g/mol. The molecule has 0 aromatic heterocycles. The molecule has 0 radical (unpaired) electrons. The number of aryl methyl sites for hydroxylation is 2. The molecule has 1 aliphatic carbocycles. The lowest BCUT2D eigenvalue weighted by Crippen LogP contribution is -2.04. The molecule has 0 N–H and O–H groups in total. The maximum Gasteiger partial charge on any atom is 0.00370 e. The number of alkyl halides is 1. The van der Waals surface area contributed by atoms with E-state index >= 15 is 0 Å². The van der Waals surface area contributed by atoms with Crippen molar-refractivity contribution in [2.45, 2.75) is 44.9 Å². The highest BCUT2D eigenvalue weighted by molar-refractivity contribution is 9.09. The SMILES string of the molecule is CC(CCBr)c1ccc2c(c1)CCCC2. The Morgan fingerprint density at radius 1 is 1.20 bits per heavy atom. The molecule has 0 spiro atoms. The van der Waals surface area contributed by atoms with Crippen LogP contribution in [0.3, 0.4) is 0 Å². The van der Waals surface area contributed by atoms with Crippen LogP contribution < -0.4 is 0 Å². The van der Waals surface area contributed by atoms with E-state index in [1.165, 1.54) is 37.7 Å². The Morgan fingerprint density at radius 3 is 2.67 bits per heavy atom. The van der Waals surface area contributed by atoms with Gasteiger partial charge in [-0.25, -0.2) is 0 Å². The summed E-state index contributed by atoms with van der Waals surface area (Å²) in [7, 11) is 0. The van der Waals surface area contributed by atoms with Gasteiger partial charge in [-0.3, -0.25) is 0 Å². The summed E-state index contributed by atoms with van der Waals surface area (Å²) in [6, 6.07) is 7.13. The molecule has 0 bridgehead atoms. The fourth-order valence-electron chi connectivity index (χ4n) is 2.39. The summed E-state index contributed by atoms with van der Waals surface area (Å²) >= 11 is 3.52. The van der Waals surface area contributed by atoms with Gasteiger partial charge < -0.3 is 0 Å². The Labute approximate surface area is 101 Å². The second kappa shape index (κ2) is 5.16. The molecule has 0 aliphatic heterocycles. The van der Waals surface area contributed by atoms with Crippen LogP contribution in [-0.2, 0) is 12.8 Å². The molecule has 0 nitrogen and oxygen atoms in total. The molecule has 0 heterocycles. The predicted molar refractivity (Wildman–Crippen MR) is 69.9 cm³/mol. The fraction of sp³-hybridized carbons (Fsp3) is 0.571. The van der Waals surface area contributed by atoms with Crippen molar-refractivity contribution in [2.75, 3.05) is 5.33 Å². The van der Waals surface area contributed by atoms with E-state index in [9.17, 15) is 0 Å². The largest absolute Gasteiger partial charge is 0.0928 e. The van der Waals surface area contributed by atoms with Gasteiger partial charge >= 0.3 is 0 Å². The Kier molecular flexibility index (Phi) is 3.85. The molecular formula is C14H19Br. The highest BCUT2D eigenvalue weighted by atomic mass is 79.9. The van der Waals surface area contributed by atoms with Gasteiger partial charge in [-0.1, -0.05) is 41.1 Å². The van der Waals surface area contributed by atoms with E-state index in [1.807, 2.05) is 0 Å². The number of benzene rings is 1. The maximum absolute atomic E-state index is 3.52. The van der Waals surface area contributed by atoms with Crippen molar-refractivity contribution in [3.63, 3.8) is 0 Å². The molecule has 1 aromatic carbocycles. The minimum atomic E-state index is 0.691. The predicted octanol–water partition coefficient (Wildman–Crippen LogP) is 4.45. The summed E-state index contributed by atoms with van der Waals surface area (Å²) in [5.74, 6) is 0.691. The van der Waals surface area contributed by atoms with Crippen LogP contribution in [0.25, 0.3) is 0 Å². The minimum absolute atomic E-state index is 0.691. The summed E-state index contributed by atoms with van der Waals surface area (Å²) < 4.78 is 0. The molecule has 15 heavy (non-hydrogen) atoms. The van der Waals surface area contributed by atoms with Crippen molar-refractivity contribution >= 4 is 15.9 Å². The average Bonchev–Trinajstić information content (AvgIpc) is 2.29. The zero-order chi connectivity index (χ0) is 10.7. The first-order valence-electron chi connectivity index (χ1n) is 5.99. The number of rotatable bonds is 3. The van der Waals surface area contributed by atoms with E-state index in [2.05, 4.69) is 41.1 Å². The molecule has 0 saturated heterocycles. The average molecular weight is 267 g/mol. The van der Waals surface area contributed by atoms with Crippen molar-refractivity contribution in [3.05, 3.63) is 34.9 Å². The van der Waals surface area contributed by atoms with E-state index in [-0.39, 0.29) is 0 Å². The summed E-state index contributed by atoms with van der Waals surface area (Å²) in [5.41, 5.74) is 4.73. The summed E-state index contributed by atoms with van der Waals surface area (Å²) in [6.07, 6.45) is 6.58. The second-order valence-corrected chi connectivity index (χ2v) is 5.41. The molecule has 1 aliphatic rings. The van der Waals surface area contributed by atoms with Crippen molar-refractivity contribution in [1.82, 2.24) is 0 Å². The van der Waals surface area contributed by atoms with Crippen LogP contribution in [0.2, 0.25) is 0 Å². The molecule has 82 valence electrons. The third kappa shape index (κ3) is 2.63. The lowest BCUT2D eigenvalue weighted by atomic mass is 9.87. The molecule has 0 saturated carbocycles. The van der Waals surface area contributed by atoms with Gasteiger partial charge in [-0.2, -0.15) is 0 Å². The van der Waals surface area contributed by atoms with E-state index in [0.29, 0.717) is 5.92 Å². The van der Waals surface area contributed by atoms with Gasteiger partial charge in [0.25, 0.3) is 0 Å². The van der Waals surface area contributed by atoms with Gasteiger partial charge in [-0.05, 0) is 54.7 Å². The second-order valence-electron chi connectivity index (χ2n) is 4.61. The first-order chi connectivity index (χ1) is 7.31. The van der Waals surface area contributed by atoms with Crippen LogP contribution in [0, 0.1) is 0 Å². The Morgan fingerprint density at radius 2 is 1.93 bits per heavy atom. The van der Waals surface area contributed by atoms with Crippen LogP contribution in [0.4, 0.5) is 0 Å². The van der Waals surface area contributed by atoms with Crippen LogP contribution in [0.5, 0.6) is 0 Å². The molecule has 1 unspecified atom stereocenters. The molecule has 2 rings (SSSR count). The van der Waals surface area contributed by atoms with Gasteiger partial charge in [0.15, 0.2) is 0 Å². The van der Waals surface area contributed by atoms with Crippen molar-refractivity contribution in [3.8, 4) is 0 Å². The van der Waals surface area contributed by atoms with Gasteiger partial charge in [0.05, 0.1) is 0 Å². The Bertz CT molecular complexity index is 330. The van der Waals surface area contributed by atoms with Crippen molar-refractivity contribution < 1.29 is 0 Å². The Hall–Kier alpha value is -0.300.